The molecule has 0 unspecified atom stereocenters. The minimum Gasteiger partial charge on any atom is -0.370 e. The van der Waals surface area contributed by atoms with E-state index < -0.39 is 0 Å². The molecule has 1 rings (SSSR count). The molecule has 4 N–H and O–H groups in total. The van der Waals surface area contributed by atoms with Gasteiger partial charge in [-0.05, 0) is 26.7 Å². The number of nitrogens with zero attached hydrogens (tertiary/aromatic N) is 1. The lowest BCUT2D eigenvalue weighted by Crippen LogP contribution is -2.41. The van der Waals surface area contributed by atoms with Gasteiger partial charge in [0.2, 0.25) is 5.91 Å². The maximum absolute atomic E-state index is 11.4. The molecule has 0 atom stereocenters. The Morgan fingerprint density at radius 1 is 1.32 bits per heavy atom. The van der Waals surface area contributed by atoms with E-state index in [-0.39, 0.29) is 35.9 Å². The summed E-state index contributed by atoms with van der Waals surface area (Å²) < 4.78 is 0. The highest BCUT2D eigenvalue weighted by atomic mass is 127. The molecule has 1 aliphatic carbocycles. The minimum atomic E-state index is 0. The molecule has 1 saturated carbocycles. The lowest BCUT2D eigenvalue weighted by atomic mass is 9.96. The van der Waals surface area contributed by atoms with E-state index >= 15 is 0 Å². The molecule has 0 aromatic carbocycles. The monoisotopic (exact) mass is 382 g/mol. The first-order valence-corrected chi connectivity index (χ1v) is 6.93. The second-order valence-electron chi connectivity index (χ2n) is 5.22. The lowest BCUT2D eigenvalue weighted by molar-refractivity contribution is -0.121. The predicted molar refractivity (Wildman–Crippen MR) is 89.8 cm³/mol. The molecule has 0 radical (unpaired) electrons. The quantitative estimate of drug-likeness (QED) is 0.385. The average molecular weight is 382 g/mol. The highest BCUT2D eigenvalue weighted by Crippen LogP contribution is 2.16. The van der Waals surface area contributed by atoms with Crippen molar-refractivity contribution in [3.05, 3.63) is 0 Å². The fourth-order valence-electron chi connectivity index (χ4n) is 2.17. The van der Waals surface area contributed by atoms with Gasteiger partial charge in [0.05, 0.1) is 6.54 Å². The van der Waals surface area contributed by atoms with Crippen molar-refractivity contribution in [3.8, 4) is 0 Å². The first kappa shape index (κ1) is 18.5. The molecule has 1 aliphatic rings. The van der Waals surface area contributed by atoms with Crippen LogP contribution in [0.15, 0.2) is 4.99 Å². The molecule has 1 amide bonds. The molecular weight excluding hydrogens is 355 g/mol. The van der Waals surface area contributed by atoms with Crippen molar-refractivity contribution in [2.45, 2.75) is 64.5 Å². The van der Waals surface area contributed by atoms with Crippen molar-refractivity contribution in [3.63, 3.8) is 0 Å². The summed E-state index contributed by atoms with van der Waals surface area (Å²) in [7, 11) is 0. The Kier molecular flexibility index (Phi) is 9.99. The normalized spacial score (nSPS) is 16.9. The number of rotatable bonds is 5. The predicted octanol–water partition coefficient (Wildman–Crippen LogP) is 1.76. The highest BCUT2D eigenvalue weighted by molar-refractivity contribution is 14.0. The smallest absolute Gasteiger partial charge is 0.222 e. The Hall–Kier alpha value is -0.530. The first-order valence-electron chi connectivity index (χ1n) is 6.93. The SMILES string of the molecule is CC(C)NC(=O)CCN=C(N)NC1CCCCC1.I. The zero-order valence-electron chi connectivity index (χ0n) is 11.9. The van der Waals surface area contributed by atoms with Crippen LogP contribution in [0.5, 0.6) is 0 Å². The van der Waals surface area contributed by atoms with Crippen molar-refractivity contribution >= 4 is 35.8 Å². The number of nitrogens with two attached hydrogens (primary N) is 1. The number of carbonyl (C=O) groups excluding carboxylic acids is 1. The van der Waals surface area contributed by atoms with E-state index in [1.165, 1.54) is 32.1 Å². The van der Waals surface area contributed by atoms with Crippen LogP contribution in [0.25, 0.3) is 0 Å². The van der Waals surface area contributed by atoms with Crippen molar-refractivity contribution in [1.82, 2.24) is 10.6 Å². The number of hydrogen-bond acceptors (Lipinski definition) is 2. The standard InChI is InChI=1S/C13H26N4O.HI/c1-10(2)16-12(18)8-9-15-13(14)17-11-6-4-3-5-7-11;/h10-11H,3-9H2,1-2H3,(H,16,18)(H3,14,15,17);1H. The summed E-state index contributed by atoms with van der Waals surface area (Å²) in [6.07, 6.45) is 6.59. The molecule has 0 aromatic rings. The van der Waals surface area contributed by atoms with Crippen molar-refractivity contribution in [1.29, 1.82) is 0 Å². The Morgan fingerprint density at radius 3 is 2.53 bits per heavy atom. The molecule has 0 saturated heterocycles. The third kappa shape index (κ3) is 9.07. The maximum Gasteiger partial charge on any atom is 0.222 e. The van der Waals surface area contributed by atoms with Crippen molar-refractivity contribution in [2.24, 2.45) is 10.7 Å². The Balaban J connectivity index is 0.00000324. The topological polar surface area (TPSA) is 79.5 Å². The first-order chi connectivity index (χ1) is 8.58. The Labute approximate surface area is 133 Å². The number of carbonyl (C=O) groups is 1. The van der Waals surface area contributed by atoms with Crippen molar-refractivity contribution < 1.29 is 4.79 Å². The number of halogens is 1. The Bertz CT molecular complexity index is 288. The Morgan fingerprint density at radius 2 is 1.95 bits per heavy atom. The molecule has 0 aliphatic heterocycles. The van der Waals surface area contributed by atoms with Gasteiger partial charge in [-0.25, -0.2) is 0 Å². The third-order valence-corrected chi connectivity index (χ3v) is 3.03. The largest absolute Gasteiger partial charge is 0.370 e. The fourth-order valence-corrected chi connectivity index (χ4v) is 2.17. The number of amides is 1. The fraction of sp³-hybridized carbons (Fsp3) is 0.846. The van der Waals surface area contributed by atoms with Crippen LogP contribution in [0, 0.1) is 0 Å². The van der Waals surface area contributed by atoms with E-state index in [4.69, 9.17) is 5.73 Å². The number of guanidine groups is 1. The summed E-state index contributed by atoms with van der Waals surface area (Å²) >= 11 is 0. The lowest BCUT2D eigenvalue weighted by Gasteiger charge is -2.23. The maximum atomic E-state index is 11.4. The van der Waals surface area contributed by atoms with E-state index in [1.54, 1.807) is 0 Å². The van der Waals surface area contributed by atoms with Crippen LogP contribution in [0.2, 0.25) is 0 Å². The van der Waals surface area contributed by atoms with Gasteiger partial charge in [-0.15, -0.1) is 24.0 Å². The molecular formula is C13H27IN4O. The van der Waals surface area contributed by atoms with Crippen LogP contribution >= 0.6 is 24.0 Å². The zero-order valence-corrected chi connectivity index (χ0v) is 14.3. The van der Waals surface area contributed by atoms with Gasteiger partial charge < -0.3 is 16.4 Å². The summed E-state index contributed by atoms with van der Waals surface area (Å²) in [5, 5.41) is 6.06. The van der Waals surface area contributed by atoms with E-state index in [0.717, 1.165) is 0 Å². The van der Waals surface area contributed by atoms with Crippen LogP contribution in [-0.4, -0.2) is 30.5 Å². The van der Waals surface area contributed by atoms with Gasteiger partial charge in [0.25, 0.3) is 0 Å². The second-order valence-corrected chi connectivity index (χ2v) is 5.22. The molecule has 0 heterocycles. The van der Waals surface area contributed by atoms with E-state index in [9.17, 15) is 4.79 Å². The van der Waals surface area contributed by atoms with Gasteiger partial charge in [-0.3, -0.25) is 9.79 Å². The van der Waals surface area contributed by atoms with Gasteiger partial charge in [0.15, 0.2) is 5.96 Å². The van der Waals surface area contributed by atoms with Crippen molar-refractivity contribution in [2.75, 3.05) is 6.54 Å². The molecule has 0 bridgehead atoms. The van der Waals surface area contributed by atoms with Crippen LogP contribution < -0.4 is 16.4 Å². The molecule has 6 heteroatoms. The molecule has 0 aromatic heterocycles. The molecule has 19 heavy (non-hydrogen) atoms. The van der Waals surface area contributed by atoms with Gasteiger partial charge in [-0.1, -0.05) is 19.3 Å². The average Bonchev–Trinajstić information content (AvgIpc) is 2.29. The highest BCUT2D eigenvalue weighted by Gasteiger charge is 2.13. The number of nitrogens with one attached hydrogen (secondary N) is 2. The van der Waals surface area contributed by atoms with E-state index in [0.29, 0.717) is 25.0 Å². The zero-order chi connectivity index (χ0) is 13.4. The summed E-state index contributed by atoms with van der Waals surface area (Å²) in [6.45, 7) is 4.34. The number of aliphatic imine (C=N–C) groups is 1. The molecule has 1 fully saturated rings. The second kappa shape index (κ2) is 10.3. The minimum absolute atomic E-state index is 0. The summed E-state index contributed by atoms with van der Waals surface area (Å²) in [5.74, 6) is 0.499. The summed E-state index contributed by atoms with van der Waals surface area (Å²) in [4.78, 5) is 15.6. The van der Waals surface area contributed by atoms with Crippen LogP contribution in [0.1, 0.15) is 52.4 Å². The van der Waals surface area contributed by atoms with Gasteiger partial charge in [0, 0.05) is 18.5 Å². The molecule has 5 nitrogen and oxygen atoms in total. The van der Waals surface area contributed by atoms with Gasteiger partial charge in [-0.2, -0.15) is 0 Å². The summed E-state index contributed by atoms with van der Waals surface area (Å²) in [5.41, 5.74) is 5.80. The summed E-state index contributed by atoms with van der Waals surface area (Å²) in [6, 6.07) is 0.645. The molecule has 0 spiro atoms. The van der Waals surface area contributed by atoms with Crippen LogP contribution in [-0.2, 0) is 4.79 Å². The van der Waals surface area contributed by atoms with E-state index in [2.05, 4.69) is 15.6 Å². The number of hydrogen-bond donors (Lipinski definition) is 3. The van der Waals surface area contributed by atoms with Gasteiger partial charge >= 0.3 is 0 Å². The molecule has 112 valence electrons. The van der Waals surface area contributed by atoms with Crippen LogP contribution in [0.3, 0.4) is 0 Å². The van der Waals surface area contributed by atoms with Gasteiger partial charge in [0.1, 0.15) is 0 Å². The third-order valence-electron chi connectivity index (χ3n) is 3.03. The van der Waals surface area contributed by atoms with E-state index in [1.807, 2.05) is 13.8 Å². The van der Waals surface area contributed by atoms with Crippen LogP contribution in [0.4, 0.5) is 0 Å².